The van der Waals surface area contributed by atoms with Crippen LogP contribution in [0.5, 0.6) is 0 Å². The minimum Gasteiger partial charge on any atom is -0.393 e. The molecule has 2 unspecified atom stereocenters. The second-order valence-corrected chi connectivity index (χ2v) is 4.17. The highest BCUT2D eigenvalue weighted by molar-refractivity contribution is 5.87. The van der Waals surface area contributed by atoms with E-state index in [9.17, 15) is 9.59 Å². The van der Waals surface area contributed by atoms with Crippen LogP contribution in [0.3, 0.4) is 0 Å². The van der Waals surface area contributed by atoms with E-state index in [0.717, 1.165) is 12.8 Å². The number of carbonyl (C=O) groups is 2. The maximum absolute atomic E-state index is 11.4. The highest BCUT2D eigenvalue weighted by Gasteiger charge is 2.31. The standard InChI is InChI=1S/C11H14O3/c1-7-9-4-2-8(3-5-9)6-10(12)14-11(7)13/h2,4,7-9H,3,5-6H2,1H3/t7-,8?,9?/m1/s1. The van der Waals surface area contributed by atoms with E-state index in [4.69, 9.17) is 4.74 Å². The van der Waals surface area contributed by atoms with Gasteiger partial charge in [-0.3, -0.25) is 9.59 Å². The molecule has 2 aliphatic heterocycles. The van der Waals surface area contributed by atoms with Crippen LogP contribution in [0, 0.1) is 17.8 Å². The number of fused-ring (bicyclic) bond motifs is 5. The molecule has 76 valence electrons. The topological polar surface area (TPSA) is 43.4 Å². The molecule has 0 aromatic rings. The fourth-order valence-corrected chi connectivity index (χ4v) is 2.12. The van der Waals surface area contributed by atoms with E-state index in [-0.39, 0.29) is 29.7 Å². The molecule has 3 nitrogen and oxygen atoms in total. The van der Waals surface area contributed by atoms with Gasteiger partial charge in [-0.1, -0.05) is 19.1 Å². The molecule has 14 heavy (non-hydrogen) atoms. The first-order chi connectivity index (χ1) is 6.66. The Morgan fingerprint density at radius 3 is 2.71 bits per heavy atom. The Morgan fingerprint density at radius 2 is 2.07 bits per heavy atom. The van der Waals surface area contributed by atoms with Crippen LogP contribution >= 0.6 is 0 Å². The van der Waals surface area contributed by atoms with E-state index < -0.39 is 0 Å². The van der Waals surface area contributed by atoms with Crippen LogP contribution in [0.25, 0.3) is 0 Å². The van der Waals surface area contributed by atoms with Crippen LogP contribution < -0.4 is 0 Å². The molecule has 0 aromatic heterocycles. The number of hydrogen-bond acceptors (Lipinski definition) is 3. The summed E-state index contributed by atoms with van der Waals surface area (Å²) >= 11 is 0. The lowest BCUT2D eigenvalue weighted by atomic mass is 9.81. The predicted molar refractivity (Wildman–Crippen MR) is 50.2 cm³/mol. The lowest BCUT2D eigenvalue weighted by Gasteiger charge is -2.22. The van der Waals surface area contributed by atoms with E-state index in [2.05, 4.69) is 12.2 Å². The third kappa shape index (κ3) is 1.72. The molecule has 0 N–H and O–H groups in total. The third-order valence-electron chi connectivity index (χ3n) is 3.16. The van der Waals surface area contributed by atoms with Gasteiger partial charge < -0.3 is 4.74 Å². The number of ether oxygens (including phenoxy) is 1. The second-order valence-electron chi connectivity index (χ2n) is 4.17. The molecule has 0 amide bonds. The van der Waals surface area contributed by atoms with Crippen molar-refractivity contribution in [1.29, 1.82) is 0 Å². The first-order valence-corrected chi connectivity index (χ1v) is 5.09. The molecule has 1 fully saturated rings. The predicted octanol–water partition coefficient (Wildman–Crippen LogP) is 1.68. The molecule has 0 radical (unpaired) electrons. The Kier molecular flexibility index (Phi) is 2.40. The zero-order chi connectivity index (χ0) is 10.1. The average molecular weight is 194 g/mol. The Labute approximate surface area is 83.1 Å². The summed E-state index contributed by atoms with van der Waals surface area (Å²) in [7, 11) is 0. The van der Waals surface area contributed by atoms with Crippen molar-refractivity contribution in [3.8, 4) is 0 Å². The Hall–Kier alpha value is -1.12. The van der Waals surface area contributed by atoms with Crippen LogP contribution in [0.4, 0.5) is 0 Å². The summed E-state index contributed by atoms with van der Waals surface area (Å²) in [6, 6.07) is 0. The van der Waals surface area contributed by atoms with Crippen LogP contribution in [0.1, 0.15) is 26.2 Å². The highest BCUT2D eigenvalue weighted by Crippen LogP contribution is 2.31. The summed E-state index contributed by atoms with van der Waals surface area (Å²) in [4.78, 5) is 22.7. The van der Waals surface area contributed by atoms with Gasteiger partial charge in [-0.2, -0.15) is 0 Å². The number of esters is 2. The van der Waals surface area contributed by atoms with E-state index >= 15 is 0 Å². The molecule has 0 spiro atoms. The summed E-state index contributed by atoms with van der Waals surface area (Å²) in [5.41, 5.74) is 0. The second kappa shape index (κ2) is 3.56. The van der Waals surface area contributed by atoms with Gasteiger partial charge in [0.05, 0.1) is 12.3 Å². The molecule has 0 saturated carbocycles. The van der Waals surface area contributed by atoms with Crippen molar-refractivity contribution < 1.29 is 14.3 Å². The molecule has 1 saturated heterocycles. The molecule has 2 bridgehead atoms. The van der Waals surface area contributed by atoms with E-state index in [0.29, 0.717) is 6.42 Å². The Bertz CT molecular complexity index is 293. The highest BCUT2D eigenvalue weighted by atomic mass is 16.6. The van der Waals surface area contributed by atoms with Gasteiger partial charge in [0, 0.05) is 0 Å². The molecule has 3 rings (SSSR count). The minimum atomic E-state index is -0.376. The zero-order valence-electron chi connectivity index (χ0n) is 8.23. The van der Waals surface area contributed by atoms with Gasteiger partial charge in [0.25, 0.3) is 0 Å². The number of allylic oxidation sites excluding steroid dienone is 2. The number of hydrogen-bond donors (Lipinski definition) is 0. The van der Waals surface area contributed by atoms with Crippen LogP contribution in [-0.2, 0) is 14.3 Å². The molecule has 3 heteroatoms. The van der Waals surface area contributed by atoms with Gasteiger partial charge in [-0.25, -0.2) is 0 Å². The number of carbonyl (C=O) groups excluding carboxylic acids is 2. The van der Waals surface area contributed by atoms with E-state index in [1.807, 2.05) is 6.92 Å². The molecular weight excluding hydrogens is 180 g/mol. The van der Waals surface area contributed by atoms with Gasteiger partial charge in [0.2, 0.25) is 0 Å². The van der Waals surface area contributed by atoms with Gasteiger partial charge in [-0.15, -0.1) is 0 Å². The van der Waals surface area contributed by atoms with Crippen LogP contribution in [-0.4, -0.2) is 11.9 Å². The molecule has 3 aliphatic rings. The summed E-state index contributed by atoms with van der Waals surface area (Å²) < 4.78 is 4.75. The number of rotatable bonds is 0. The lowest BCUT2D eigenvalue weighted by molar-refractivity contribution is -0.162. The molecule has 1 aliphatic carbocycles. The third-order valence-corrected chi connectivity index (χ3v) is 3.16. The van der Waals surface area contributed by atoms with Gasteiger partial charge in [0.15, 0.2) is 0 Å². The SMILES string of the molecule is C[C@H]1C(=O)OC(=O)CC2C=CC1CC2. The molecule has 0 aromatic carbocycles. The Balaban J connectivity index is 2.24. The molecule has 3 atom stereocenters. The van der Waals surface area contributed by atoms with Crippen molar-refractivity contribution in [2.45, 2.75) is 26.2 Å². The maximum atomic E-state index is 11.4. The Morgan fingerprint density at radius 1 is 1.29 bits per heavy atom. The normalized spacial score (nSPS) is 37.4. The molecule has 2 heterocycles. The summed E-state index contributed by atoms with van der Waals surface area (Å²) in [5, 5.41) is 0. The molecular formula is C11H14O3. The first-order valence-electron chi connectivity index (χ1n) is 5.09. The van der Waals surface area contributed by atoms with E-state index in [1.54, 1.807) is 0 Å². The van der Waals surface area contributed by atoms with Gasteiger partial charge >= 0.3 is 11.9 Å². The summed E-state index contributed by atoms with van der Waals surface area (Å²) in [6.07, 6.45) is 6.46. The quantitative estimate of drug-likeness (QED) is 0.335. The zero-order valence-corrected chi connectivity index (χ0v) is 8.23. The average Bonchev–Trinajstić information content (AvgIpc) is 2.23. The minimum absolute atomic E-state index is 0.186. The van der Waals surface area contributed by atoms with Gasteiger partial charge in [-0.05, 0) is 24.7 Å². The van der Waals surface area contributed by atoms with E-state index in [1.165, 1.54) is 0 Å². The van der Waals surface area contributed by atoms with Crippen molar-refractivity contribution >= 4 is 11.9 Å². The lowest BCUT2D eigenvalue weighted by Crippen LogP contribution is -2.23. The fraction of sp³-hybridized carbons (Fsp3) is 0.636. The van der Waals surface area contributed by atoms with Crippen LogP contribution in [0.2, 0.25) is 0 Å². The maximum Gasteiger partial charge on any atom is 0.316 e. The van der Waals surface area contributed by atoms with Gasteiger partial charge in [0.1, 0.15) is 0 Å². The monoisotopic (exact) mass is 194 g/mol. The summed E-state index contributed by atoms with van der Waals surface area (Å²) in [6.45, 7) is 1.83. The fourth-order valence-electron chi connectivity index (χ4n) is 2.12. The largest absolute Gasteiger partial charge is 0.393 e. The van der Waals surface area contributed by atoms with Crippen molar-refractivity contribution in [3.63, 3.8) is 0 Å². The van der Waals surface area contributed by atoms with Crippen molar-refractivity contribution in [3.05, 3.63) is 12.2 Å². The smallest absolute Gasteiger partial charge is 0.316 e. The summed E-state index contributed by atoms with van der Waals surface area (Å²) in [5.74, 6) is -0.401. The van der Waals surface area contributed by atoms with Crippen molar-refractivity contribution in [1.82, 2.24) is 0 Å². The van der Waals surface area contributed by atoms with Crippen molar-refractivity contribution in [2.24, 2.45) is 17.8 Å². The van der Waals surface area contributed by atoms with Crippen LogP contribution in [0.15, 0.2) is 12.2 Å². The van der Waals surface area contributed by atoms with Crippen molar-refractivity contribution in [2.75, 3.05) is 0 Å². The first kappa shape index (κ1) is 9.44.